The Morgan fingerprint density at radius 2 is 2.00 bits per heavy atom. The van der Waals surface area contributed by atoms with Gasteiger partial charge in [0.05, 0.1) is 6.10 Å². The van der Waals surface area contributed by atoms with Gasteiger partial charge < -0.3 is 5.11 Å². The van der Waals surface area contributed by atoms with Crippen LogP contribution in [-0.4, -0.2) is 35.1 Å². The van der Waals surface area contributed by atoms with Crippen LogP contribution < -0.4 is 4.72 Å². The van der Waals surface area contributed by atoms with Gasteiger partial charge in [0.2, 0.25) is 0 Å². The van der Waals surface area contributed by atoms with Gasteiger partial charge in [-0.1, -0.05) is 17.7 Å². The van der Waals surface area contributed by atoms with Gasteiger partial charge >= 0.3 is 0 Å². The number of imidazole rings is 1. The fourth-order valence-corrected chi connectivity index (χ4v) is 4.60. The molecule has 0 bridgehead atoms. The van der Waals surface area contributed by atoms with Gasteiger partial charge in [-0.15, -0.1) is 0 Å². The predicted molar refractivity (Wildman–Crippen MR) is 78.8 cm³/mol. The summed E-state index contributed by atoms with van der Waals surface area (Å²) in [5.74, 6) is 0. The van der Waals surface area contributed by atoms with Crippen molar-refractivity contribution in [3.63, 3.8) is 0 Å². The van der Waals surface area contributed by atoms with E-state index in [9.17, 15) is 13.5 Å². The first kappa shape index (κ1) is 14.8. The van der Waals surface area contributed by atoms with Crippen molar-refractivity contribution in [2.24, 2.45) is 0 Å². The van der Waals surface area contributed by atoms with Gasteiger partial charge in [0, 0.05) is 12.2 Å². The van der Waals surface area contributed by atoms with E-state index in [0.29, 0.717) is 31.3 Å². The number of pyridine rings is 1. The van der Waals surface area contributed by atoms with Crippen molar-refractivity contribution in [1.82, 2.24) is 14.1 Å². The quantitative estimate of drug-likeness (QED) is 0.895. The van der Waals surface area contributed by atoms with Crippen LogP contribution in [0.1, 0.15) is 25.7 Å². The summed E-state index contributed by atoms with van der Waals surface area (Å²) < 4.78 is 29.2. The van der Waals surface area contributed by atoms with Crippen LogP contribution in [-0.2, 0) is 10.0 Å². The Kier molecular flexibility index (Phi) is 3.92. The van der Waals surface area contributed by atoms with Crippen LogP contribution in [0, 0.1) is 0 Å². The fraction of sp³-hybridized carbons (Fsp3) is 0.462. The van der Waals surface area contributed by atoms with Gasteiger partial charge in [0.1, 0.15) is 5.65 Å². The molecule has 2 aromatic heterocycles. The molecule has 0 aromatic carbocycles. The van der Waals surface area contributed by atoms with E-state index in [1.54, 1.807) is 24.4 Å². The zero-order chi connectivity index (χ0) is 15.0. The number of aromatic nitrogens is 2. The molecule has 8 heteroatoms. The minimum Gasteiger partial charge on any atom is -0.393 e. The van der Waals surface area contributed by atoms with Gasteiger partial charge in [-0.3, -0.25) is 4.40 Å². The number of hydrogen-bond acceptors (Lipinski definition) is 4. The summed E-state index contributed by atoms with van der Waals surface area (Å²) in [6, 6.07) is 5.01. The van der Waals surface area contributed by atoms with Crippen molar-refractivity contribution >= 4 is 27.3 Å². The second kappa shape index (κ2) is 5.57. The summed E-state index contributed by atoms with van der Waals surface area (Å²) in [6.45, 7) is 0. The number of aliphatic hydroxyl groups excluding tert-OH is 1. The summed E-state index contributed by atoms with van der Waals surface area (Å²) in [7, 11) is -3.75. The van der Waals surface area contributed by atoms with Gasteiger partial charge in [0.15, 0.2) is 10.2 Å². The van der Waals surface area contributed by atoms with Crippen LogP contribution in [0.4, 0.5) is 0 Å². The molecule has 6 nitrogen and oxygen atoms in total. The predicted octanol–water partition coefficient (Wildman–Crippen LogP) is 1.57. The molecule has 0 atom stereocenters. The van der Waals surface area contributed by atoms with Gasteiger partial charge in [-0.25, -0.2) is 18.1 Å². The Morgan fingerprint density at radius 3 is 2.71 bits per heavy atom. The highest BCUT2D eigenvalue weighted by Gasteiger charge is 2.29. The third-order valence-electron chi connectivity index (χ3n) is 3.72. The van der Waals surface area contributed by atoms with Crippen molar-refractivity contribution in [3.05, 3.63) is 29.5 Å². The van der Waals surface area contributed by atoms with E-state index in [1.165, 1.54) is 4.40 Å². The largest absolute Gasteiger partial charge is 0.393 e. The standard InChI is InChI=1S/C13H16ClN3O3S/c14-12-13(17-8-2-1-3-11(17)15-12)21(19,20)16-9-4-6-10(18)7-5-9/h1-3,8-10,16,18H,4-7H2. The van der Waals surface area contributed by atoms with Crippen molar-refractivity contribution < 1.29 is 13.5 Å². The summed E-state index contributed by atoms with van der Waals surface area (Å²) in [6.07, 6.45) is 3.74. The summed E-state index contributed by atoms with van der Waals surface area (Å²) >= 11 is 6.00. The highest BCUT2D eigenvalue weighted by atomic mass is 35.5. The molecule has 21 heavy (non-hydrogen) atoms. The molecule has 0 saturated heterocycles. The molecule has 1 fully saturated rings. The van der Waals surface area contributed by atoms with Crippen LogP contribution in [0.25, 0.3) is 5.65 Å². The first-order chi connectivity index (χ1) is 9.97. The lowest BCUT2D eigenvalue weighted by atomic mass is 9.94. The van der Waals surface area contributed by atoms with Crippen LogP contribution in [0.15, 0.2) is 29.4 Å². The molecule has 0 unspecified atom stereocenters. The SMILES string of the molecule is O=S(=O)(NC1CCC(O)CC1)c1c(Cl)nc2ccccn12. The third kappa shape index (κ3) is 2.91. The first-order valence-electron chi connectivity index (χ1n) is 6.80. The van der Waals surface area contributed by atoms with Crippen LogP contribution in [0.3, 0.4) is 0 Å². The second-order valence-corrected chi connectivity index (χ2v) is 7.25. The number of halogens is 1. The number of nitrogens with one attached hydrogen (secondary N) is 1. The van der Waals surface area contributed by atoms with Gasteiger partial charge in [-0.2, -0.15) is 0 Å². The molecule has 2 heterocycles. The zero-order valence-corrected chi connectivity index (χ0v) is 12.8. The Hall–Kier alpha value is -1.15. The molecular formula is C13H16ClN3O3S. The smallest absolute Gasteiger partial charge is 0.260 e. The van der Waals surface area contributed by atoms with Gasteiger partial charge in [-0.05, 0) is 37.8 Å². The Labute approximate surface area is 127 Å². The highest BCUT2D eigenvalue weighted by Crippen LogP contribution is 2.25. The number of hydrogen-bond donors (Lipinski definition) is 2. The number of fused-ring (bicyclic) bond motifs is 1. The Morgan fingerprint density at radius 1 is 1.29 bits per heavy atom. The van der Waals surface area contributed by atoms with Crippen LogP contribution >= 0.6 is 11.6 Å². The van der Waals surface area contributed by atoms with Gasteiger partial charge in [0.25, 0.3) is 10.0 Å². The van der Waals surface area contributed by atoms with Crippen molar-refractivity contribution in [2.75, 3.05) is 0 Å². The van der Waals surface area contributed by atoms with E-state index in [0.717, 1.165) is 0 Å². The molecule has 114 valence electrons. The molecule has 0 spiro atoms. The number of aliphatic hydroxyl groups is 1. The second-order valence-electron chi connectivity index (χ2n) is 5.26. The van der Waals surface area contributed by atoms with Crippen molar-refractivity contribution in [1.29, 1.82) is 0 Å². The summed E-state index contributed by atoms with van der Waals surface area (Å²) in [4.78, 5) is 4.05. The molecule has 2 N–H and O–H groups in total. The topological polar surface area (TPSA) is 83.7 Å². The lowest BCUT2D eigenvalue weighted by Gasteiger charge is -2.25. The maximum absolute atomic E-state index is 12.6. The monoisotopic (exact) mass is 329 g/mol. The fourth-order valence-electron chi connectivity index (χ4n) is 2.65. The zero-order valence-electron chi connectivity index (χ0n) is 11.2. The third-order valence-corrected chi connectivity index (χ3v) is 5.64. The number of rotatable bonds is 3. The summed E-state index contributed by atoms with van der Waals surface area (Å²) in [5, 5.41) is 9.41. The molecular weight excluding hydrogens is 314 g/mol. The molecule has 0 radical (unpaired) electrons. The molecule has 1 aliphatic carbocycles. The van der Waals surface area contributed by atoms with Crippen LogP contribution in [0.5, 0.6) is 0 Å². The molecule has 1 aliphatic rings. The van der Waals surface area contributed by atoms with E-state index >= 15 is 0 Å². The van der Waals surface area contributed by atoms with Crippen molar-refractivity contribution in [2.45, 2.75) is 42.9 Å². The minimum atomic E-state index is -3.75. The number of nitrogens with zero attached hydrogens (tertiary/aromatic N) is 2. The minimum absolute atomic E-state index is 0.0362. The van der Waals surface area contributed by atoms with E-state index in [4.69, 9.17) is 11.6 Å². The maximum atomic E-state index is 12.6. The maximum Gasteiger partial charge on any atom is 0.260 e. The number of sulfonamides is 1. The molecule has 2 aromatic rings. The van der Waals surface area contributed by atoms with Crippen LogP contribution in [0.2, 0.25) is 5.15 Å². The van der Waals surface area contributed by atoms with E-state index in [1.807, 2.05) is 0 Å². The lowest BCUT2D eigenvalue weighted by molar-refractivity contribution is 0.120. The van der Waals surface area contributed by atoms with Crippen molar-refractivity contribution in [3.8, 4) is 0 Å². The Bertz CT molecular complexity index is 751. The highest BCUT2D eigenvalue weighted by molar-refractivity contribution is 7.89. The van der Waals surface area contributed by atoms with E-state index < -0.39 is 10.0 Å². The normalized spacial score (nSPS) is 23.5. The van der Waals surface area contributed by atoms with E-state index in [2.05, 4.69) is 9.71 Å². The lowest BCUT2D eigenvalue weighted by Crippen LogP contribution is -2.39. The Balaban J connectivity index is 1.92. The average molecular weight is 330 g/mol. The molecule has 3 rings (SSSR count). The average Bonchev–Trinajstić information content (AvgIpc) is 2.77. The molecule has 0 aliphatic heterocycles. The molecule has 1 saturated carbocycles. The first-order valence-corrected chi connectivity index (χ1v) is 8.66. The van der Waals surface area contributed by atoms with E-state index in [-0.39, 0.29) is 22.3 Å². The molecule has 0 amide bonds. The summed E-state index contributed by atoms with van der Waals surface area (Å²) in [5.41, 5.74) is 0.488.